The zero-order valence-electron chi connectivity index (χ0n) is 11.7. The van der Waals surface area contributed by atoms with Gasteiger partial charge in [0.1, 0.15) is 0 Å². The Labute approximate surface area is 129 Å². The number of carbonyl (C=O) groups is 1. The van der Waals surface area contributed by atoms with Crippen molar-refractivity contribution in [3.8, 4) is 6.07 Å². The van der Waals surface area contributed by atoms with Gasteiger partial charge in [0.05, 0.1) is 11.6 Å². The first-order chi connectivity index (χ1) is 10.1. The predicted molar refractivity (Wildman–Crippen MR) is 83.0 cm³/mol. The minimum absolute atomic E-state index is 0.0654. The van der Waals surface area contributed by atoms with Crippen LogP contribution in [0.3, 0.4) is 0 Å². The van der Waals surface area contributed by atoms with Gasteiger partial charge in [0.2, 0.25) is 0 Å². The molecule has 0 N–H and O–H groups in total. The number of halogens is 1. The van der Waals surface area contributed by atoms with Gasteiger partial charge in [0.15, 0.2) is 0 Å². The molecule has 2 aromatic carbocycles. The molecule has 0 atom stereocenters. The molecule has 0 aliphatic heterocycles. The van der Waals surface area contributed by atoms with Gasteiger partial charge in [0.25, 0.3) is 5.91 Å². The molecule has 0 heterocycles. The predicted octanol–water partition coefficient (Wildman–Crippen LogP) is 3.57. The van der Waals surface area contributed by atoms with Crippen LogP contribution in [0, 0.1) is 11.3 Å². The second-order valence-electron chi connectivity index (χ2n) is 4.81. The van der Waals surface area contributed by atoms with Crippen LogP contribution >= 0.6 is 11.6 Å². The van der Waals surface area contributed by atoms with Crippen LogP contribution in [-0.2, 0) is 12.4 Å². The number of carbonyl (C=O) groups excluding carboxylic acids is 1. The molecule has 1 amide bonds. The van der Waals surface area contributed by atoms with Crippen molar-refractivity contribution < 1.29 is 4.79 Å². The van der Waals surface area contributed by atoms with Gasteiger partial charge >= 0.3 is 0 Å². The van der Waals surface area contributed by atoms with Crippen molar-refractivity contribution in [2.75, 3.05) is 7.05 Å². The molecule has 0 aromatic heterocycles. The third kappa shape index (κ3) is 3.84. The Morgan fingerprint density at radius 3 is 2.62 bits per heavy atom. The number of rotatable bonds is 4. The lowest BCUT2D eigenvalue weighted by Crippen LogP contribution is -2.26. The SMILES string of the molecule is CN(Cc1cccc(C#N)c1)C(=O)c1cccc(CCl)c1. The highest BCUT2D eigenvalue weighted by atomic mass is 35.5. The van der Waals surface area contributed by atoms with Gasteiger partial charge in [-0.05, 0) is 35.4 Å². The highest BCUT2D eigenvalue weighted by Crippen LogP contribution is 2.12. The second-order valence-corrected chi connectivity index (χ2v) is 5.07. The monoisotopic (exact) mass is 298 g/mol. The van der Waals surface area contributed by atoms with Crippen molar-refractivity contribution in [1.29, 1.82) is 5.26 Å². The summed E-state index contributed by atoms with van der Waals surface area (Å²) in [4.78, 5) is 14.0. The standard InChI is InChI=1S/C17H15ClN2O/c1-20(12-15-6-2-5-14(8-15)11-19)17(21)16-7-3-4-13(9-16)10-18/h2-9H,10,12H2,1H3. The highest BCUT2D eigenvalue weighted by molar-refractivity contribution is 6.17. The minimum Gasteiger partial charge on any atom is -0.337 e. The fourth-order valence-corrected chi connectivity index (χ4v) is 2.26. The molecule has 0 fully saturated rings. The van der Waals surface area contributed by atoms with Crippen LogP contribution in [0.5, 0.6) is 0 Å². The van der Waals surface area contributed by atoms with E-state index in [0.29, 0.717) is 23.6 Å². The molecule has 0 radical (unpaired) electrons. The van der Waals surface area contributed by atoms with Gasteiger partial charge in [-0.2, -0.15) is 5.26 Å². The lowest BCUT2D eigenvalue weighted by atomic mass is 10.1. The van der Waals surface area contributed by atoms with Crippen LogP contribution in [-0.4, -0.2) is 17.9 Å². The molecule has 0 spiro atoms. The fourth-order valence-electron chi connectivity index (χ4n) is 2.09. The maximum Gasteiger partial charge on any atom is 0.253 e. The van der Waals surface area contributed by atoms with E-state index in [4.69, 9.17) is 16.9 Å². The molecule has 0 bridgehead atoms. The normalized spacial score (nSPS) is 9.95. The number of nitriles is 1. The summed E-state index contributed by atoms with van der Waals surface area (Å²) in [5, 5.41) is 8.90. The first kappa shape index (κ1) is 15.1. The summed E-state index contributed by atoms with van der Waals surface area (Å²) in [6.45, 7) is 0.458. The Kier molecular flexibility index (Phi) is 4.97. The molecular weight excluding hydrogens is 284 g/mol. The van der Waals surface area contributed by atoms with E-state index in [1.54, 1.807) is 36.2 Å². The molecule has 0 aliphatic rings. The summed E-state index contributed by atoms with van der Waals surface area (Å²) in [5.41, 5.74) is 3.06. The molecule has 3 nitrogen and oxygen atoms in total. The van der Waals surface area contributed by atoms with Gasteiger partial charge in [-0.3, -0.25) is 4.79 Å². The Balaban J connectivity index is 2.13. The van der Waals surface area contributed by atoms with Crippen molar-refractivity contribution in [1.82, 2.24) is 4.90 Å². The fraction of sp³-hybridized carbons (Fsp3) is 0.176. The number of amides is 1. The summed E-state index contributed by atoms with van der Waals surface area (Å²) in [6.07, 6.45) is 0. The number of nitrogens with zero attached hydrogens (tertiary/aromatic N) is 2. The molecule has 4 heteroatoms. The Hall–Kier alpha value is -2.31. The van der Waals surface area contributed by atoms with Crippen molar-refractivity contribution in [3.63, 3.8) is 0 Å². The van der Waals surface area contributed by atoms with Crippen LogP contribution < -0.4 is 0 Å². The molecule has 0 saturated carbocycles. The topological polar surface area (TPSA) is 44.1 Å². The van der Waals surface area contributed by atoms with Gasteiger partial charge < -0.3 is 4.90 Å². The third-order valence-corrected chi connectivity index (χ3v) is 3.46. The van der Waals surface area contributed by atoms with E-state index in [9.17, 15) is 4.79 Å². The smallest absolute Gasteiger partial charge is 0.253 e. The van der Waals surface area contributed by atoms with E-state index in [2.05, 4.69) is 6.07 Å². The molecule has 0 unspecified atom stereocenters. The van der Waals surface area contributed by atoms with E-state index in [1.807, 2.05) is 24.3 Å². The maximum atomic E-state index is 12.4. The summed E-state index contributed by atoms with van der Waals surface area (Å²) >= 11 is 5.79. The zero-order chi connectivity index (χ0) is 15.2. The van der Waals surface area contributed by atoms with Gasteiger partial charge in [-0.25, -0.2) is 0 Å². The summed E-state index contributed by atoms with van der Waals surface area (Å²) in [7, 11) is 1.74. The van der Waals surface area contributed by atoms with Crippen LogP contribution in [0.25, 0.3) is 0 Å². The molecule has 21 heavy (non-hydrogen) atoms. The average molecular weight is 299 g/mol. The average Bonchev–Trinajstić information content (AvgIpc) is 2.54. The molecule has 0 aliphatic carbocycles. The molecule has 106 valence electrons. The van der Waals surface area contributed by atoms with Crippen molar-refractivity contribution in [2.45, 2.75) is 12.4 Å². The number of hydrogen-bond acceptors (Lipinski definition) is 2. The van der Waals surface area contributed by atoms with Gasteiger partial charge in [-0.1, -0.05) is 24.3 Å². The lowest BCUT2D eigenvalue weighted by molar-refractivity contribution is 0.0785. The first-order valence-corrected chi connectivity index (χ1v) is 7.07. The number of alkyl halides is 1. The Bertz CT molecular complexity index is 691. The van der Waals surface area contributed by atoms with Crippen molar-refractivity contribution in [3.05, 3.63) is 70.8 Å². The molecular formula is C17H15ClN2O. The van der Waals surface area contributed by atoms with Crippen LogP contribution in [0.15, 0.2) is 48.5 Å². The van der Waals surface area contributed by atoms with Crippen LogP contribution in [0.2, 0.25) is 0 Å². The summed E-state index contributed by atoms with van der Waals surface area (Å²) < 4.78 is 0. The first-order valence-electron chi connectivity index (χ1n) is 6.53. The second kappa shape index (κ2) is 6.92. The van der Waals surface area contributed by atoms with E-state index >= 15 is 0 Å². The lowest BCUT2D eigenvalue weighted by Gasteiger charge is -2.17. The number of hydrogen-bond donors (Lipinski definition) is 0. The zero-order valence-corrected chi connectivity index (χ0v) is 12.5. The molecule has 0 saturated heterocycles. The maximum absolute atomic E-state index is 12.4. The van der Waals surface area contributed by atoms with Gasteiger partial charge in [0, 0.05) is 25.0 Å². The third-order valence-electron chi connectivity index (χ3n) is 3.15. The van der Waals surface area contributed by atoms with E-state index in [1.165, 1.54) is 0 Å². The largest absolute Gasteiger partial charge is 0.337 e. The minimum atomic E-state index is -0.0654. The van der Waals surface area contributed by atoms with Crippen LogP contribution in [0.4, 0.5) is 0 Å². The summed E-state index contributed by atoms with van der Waals surface area (Å²) in [6, 6.07) is 16.7. The van der Waals surface area contributed by atoms with Gasteiger partial charge in [-0.15, -0.1) is 11.6 Å². The number of benzene rings is 2. The van der Waals surface area contributed by atoms with Crippen molar-refractivity contribution >= 4 is 17.5 Å². The Morgan fingerprint density at radius 1 is 1.19 bits per heavy atom. The quantitative estimate of drug-likeness (QED) is 0.810. The molecule has 2 aromatic rings. The molecule has 2 rings (SSSR count). The van der Waals surface area contributed by atoms with Crippen molar-refractivity contribution in [2.24, 2.45) is 0 Å². The Morgan fingerprint density at radius 2 is 1.90 bits per heavy atom. The van der Waals surface area contributed by atoms with Crippen LogP contribution in [0.1, 0.15) is 27.0 Å². The van der Waals surface area contributed by atoms with E-state index < -0.39 is 0 Å². The van der Waals surface area contributed by atoms with E-state index in [0.717, 1.165) is 11.1 Å². The van der Waals surface area contributed by atoms with E-state index in [-0.39, 0.29) is 5.91 Å². The summed E-state index contributed by atoms with van der Waals surface area (Å²) in [5.74, 6) is 0.319. The highest BCUT2D eigenvalue weighted by Gasteiger charge is 2.12.